The van der Waals surface area contributed by atoms with Gasteiger partial charge in [-0.3, -0.25) is 14.5 Å². The number of carbonyl (C=O) groups is 2. The Morgan fingerprint density at radius 3 is 2.52 bits per heavy atom. The first-order valence-corrected chi connectivity index (χ1v) is 6.91. The van der Waals surface area contributed by atoms with Crippen LogP contribution in [0, 0.1) is 0 Å². The van der Waals surface area contributed by atoms with Crippen molar-refractivity contribution in [3.05, 3.63) is 23.2 Å². The average molecular weight is 313 g/mol. The minimum Gasteiger partial charge on any atom is -0.397 e. The summed E-state index contributed by atoms with van der Waals surface area (Å²) in [6.45, 7) is 0.766. The number of amides is 2. The van der Waals surface area contributed by atoms with E-state index >= 15 is 0 Å². The molecule has 0 heterocycles. The van der Waals surface area contributed by atoms with Crippen LogP contribution in [0.15, 0.2) is 18.2 Å². The van der Waals surface area contributed by atoms with Crippen LogP contribution in [0.1, 0.15) is 6.42 Å². The summed E-state index contributed by atoms with van der Waals surface area (Å²) in [4.78, 5) is 26.7. The van der Waals surface area contributed by atoms with E-state index in [1.54, 1.807) is 44.2 Å². The highest BCUT2D eigenvalue weighted by Crippen LogP contribution is 2.22. The number of nitrogens with one attached hydrogen (secondary N) is 1. The molecule has 2 amide bonds. The van der Waals surface area contributed by atoms with Gasteiger partial charge in [0.2, 0.25) is 11.8 Å². The molecule has 21 heavy (non-hydrogen) atoms. The number of hydrogen-bond acceptors (Lipinski definition) is 4. The van der Waals surface area contributed by atoms with Crippen molar-refractivity contribution in [1.82, 2.24) is 9.80 Å². The van der Waals surface area contributed by atoms with E-state index in [9.17, 15) is 9.59 Å². The van der Waals surface area contributed by atoms with Crippen LogP contribution in [0.3, 0.4) is 0 Å². The van der Waals surface area contributed by atoms with Crippen LogP contribution in [0.5, 0.6) is 0 Å². The number of nitrogens with two attached hydrogens (primary N) is 1. The van der Waals surface area contributed by atoms with Crippen molar-refractivity contribution in [3.63, 3.8) is 0 Å². The highest BCUT2D eigenvalue weighted by Gasteiger charge is 2.11. The Bertz CT molecular complexity index is 520. The molecule has 3 N–H and O–H groups in total. The Labute approximate surface area is 129 Å². The zero-order chi connectivity index (χ0) is 16.0. The van der Waals surface area contributed by atoms with Gasteiger partial charge < -0.3 is 16.0 Å². The van der Waals surface area contributed by atoms with Crippen molar-refractivity contribution < 1.29 is 9.59 Å². The molecule has 6 nitrogen and oxygen atoms in total. The van der Waals surface area contributed by atoms with Crippen molar-refractivity contribution in [2.75, 3.05) is 45.3 Å². The largest absolute Gasteiger partial charge is 0.397 e. The minimum absolute atomic E-state index is 0.000135. The molecule has 0 saturated carbocycles. The molecule has 0 atom stereocenters. The van der Waals surface area contributed by atoms with E-state index in [1.807, 2.05) is 0 Å². The molecule has 1 aromatic rings. The Balaban J connectivity index is 2.42. The van der Waals surface area contributed by atoms with Crippen LogP contribution >= 0.6 is 11.6 Å². The van der Waals surface area contributed by atoms with E-state index in [0.29, 0.717) is 22.9 Å². The smallest absolute Gasteiger partial charge is 0.236 e. The van der Waals surface area contributed by atoms with Crippen LogP contribution < -0.4 is 11.1 Å². The van der Waals surface area contributed by atoms with Crippen molar-refractivity contribution >= 4 is 34.8 Å². The standard InChI is InChI=1S/C14H21ClN4O2/c1-18(2)14(21)9-19(3)7-6-13(20)17-12-5-4-10(15)8-11(12)16/h4-5,8H,6-7,9,16H2,1-3H3,(H,17,20). The molecule has 116 valence electrons. The summed E-state index contributed by atoms with van der Waals surface area (Å²) in [5, 5.41) is 3.25. The summed E-state index contributed by atoms with van der Waals surface area (Å²) in [7, 11) is 5.20. The minimum atomic E-state index is -0.159. The quantitative estimate of drug-likeness (QED) is 0.775. The molecule has 0 aliphatic heterocycles. The van der Waals surface area contributed by atoms with Gasteiger partial charge in [-0.2, -0.15) is 0 Å². The van der Waals surface area contributed by atoms with E-state index in [1.165, 1.54) is 4.90 Å². The lowest BCUT2D eigenvalue weighted by Gasteiger charge is -2.18. The second kappa shape index (κ2) is 7.85. The van der Waals surface area contributed by atoms with Crippen LogP contribution in [0.4, 0.5) is 11.4 Å². The molecule has 0 saturated heterocycles. The fraction of sp³-hybridized carbons (Fsp3) is 0.429. The first kappa shape index (κ1) is 17.3. The number of anilines is 2. The number of halogens is 1. The molecule has 0 spiro atoms. The second-order valence-corrected chi connectivity index (χ2v) is 5.49. The predicted octanol–water partition coefficient (Wildman–Crippen LogP) is 1.27. The van der Waals surface area contributed by atoms with Gasteiger partial charge in [-0.25, -0.2) is 0 Å². The third-order valence-corrected chi connectivity index (χ3v) is 3.15. The number of carbonyl (C=O) groups excluding carboxylic acids is 2. The first-order valence-electron chi connectivity index (χ1n) is 6.53. The summed E-state index contributed by atoms with van der Waals surface area (Å²) in [5.41, 5.74) is 6.73. The molecule has 0 aromatic heterocycles. The van der Waals surface area contributed by atoms with Crippen molar-refractivity contribution in [3.8, 4) is 0 Å². The van der Waals surface area contributed by atoms with E-state index in [2.05, 4.69) is 5.32 Å². The van der Waals surface area contributed by atoms with Gasteiger partial charge in [0.25, 0.3) is 0 Å². The van der Waals surface area contributed by atoms with Crippen LogP contribution in [0.2, 0.25) is 5.02 Å². The predicted molar refractivity (Wildman–Crippen MR) is 85.3 cm³/mol. The second-order valence-electron chi connectivity index (χ2n) is 5.06. The van der Waals surface area contributed by atoms with Gasteiger partial charge in [-0.1, -0.05) is 11.6 Å². The monoisotopic (exact) mass is 312 g/mol. The van der Waals surface area contributed by atoms with Gasteiger partial charge in [0, 0.05) is 32.1 Å². The highest BCUT2D eigenvalue weighted by molar-refractivity contribution is 6.31. The van der Waals surface area contributed by atoms with Crippen LogP contribution in [0.25, 0.3) is 0 Å². The molecule has 1 aromatic carbocycles. The fourth-order valence-corrected chi connectivity index (χ4v) is 1.78. The van der Waals surface area contributed by atoms with Crippen LogP contribution in [-0.2, 0) is 9.59 Å². The number of likely N-dealkylation sites (N-methyl/N-ethyl adjacent to an activating group) is 2. The zero-order valence-electron chi connectivity index (χ0n) is 12.5. The van der Waals surface area contributed by atoms with Gasteiger partial charge in [0.05, 0.1) is 17.9 Å². The third kappa shape index (κ3) is 6.01. The Kier molecular flexibility index (Phi) is 6.45. The zero-order valence-corrected chi connectivity index (χ0v) is 13.3. The van der Waals surface area contributed by atoms with E-state index in [-0.39, 0.29) is 24.8 Å². The fourth-order valence-electron chi connectivity index (χ4n) is 1.60. The van der Waals surface area contributed by atoms with Crippen molar-refractivity contribution in [1.29, 1.82) is 0 Å². The Hall–Kier alpha value is -1.79. The van der Waals surface area contributed by atoms with Gasteiger partial charge in [0.15, 0.2) is 0 Å². The summed E-state index contributed by atoms with van der Waals surface area (Å²) in [5.74, 6) is -0.159. The molecule has 0 unspecified atom stereocenters. The first-order chi connectivity index (χ1) is 9.79. The van der Waals surface area contributed by atoms with Gasteiger partial charge in [0.1, 0.15) is 0 Å². The summed E-state index contributed by atoms with van der Waals surface area (Å²) < 4.78 is 0. The van der Waals surface area contributed by atoms with E-state index < -0.39 is 0 Å². The Morgan fingerprint density at radius 1 is 1.29 bits per heavy atom. The third-order valence-electron chi connectivity index (χ3n) is 2.91. The van der Waals surface area contributed by atoms with Crippen LogP contribution in [-0.4, -0.2) is 55.8 Å². The number of nitrogens with zero attached hydrogens (tertiary/aromatic N) is 2. The highest BCUT2D eigenvalue weighted by atomic mass is 35.5. The lowest BCUT2D eigenvalue weighted by atomic mass is 10.2. The molecular weight excluding hydrogens is 292 g/mol. The summed E-state index contributed by atoms with van der Waals surface area (Å²) in [6.07, 6.45) is 0.277. The molecular formula is C14H21ClN4O2. The number of nitrogen functional groups attached to an aromatic ring is 1. The number of hydrogen-bond donors (Lipinski definition) is 2. The normalized spacial score (nSPS) is 10.5. The van der Waals surface area contributed by atoms with Crippen molar-refractivity contribution in [2.24, 2.45) is 0 Å². The van der Waals surface area contributed by atoms with Crippen molar-refractivity contribution in [2.45, 2.75) is 6.42 Å². The maximum Gasteiger partial charge on any atom is 0.236 e. The molecule has 0 radical (unpaired) electrons. The lowest BCUT2D eigenvalue weighted by molar-refractivity contribution is -0.130. The maximum atomic E-state index is 11.9. The molecule has 0 fully saturated rings. The number of benzene rings is 1. The topological polar surface area (TPSA) is 78.7 Å². The van der Waals surface area contributed by atoms with E-state index in [0.717, 1.165) is 0 Å². The summed E-state index contributed by atoms with van der Waals surface area (Å²) >= 11 is 5.79. The lowest BCUT2D eigenvalue weighted by Crippen LogP contribution is -2.35. The summed E-state index contributed by atoms with van der Waals surface area (Å²) in [6, 6.07) is 4.91. The number of rotatable bonds is 6. The molecule has 0 aliphatic carbocycles. The molecule has 0 aliphatic rings. The SMILES string of the molecule is CN(CCC(=O)Nc1ccc(Cl)cc1N)CC(=O)N(C)C. The van der Waals surface area contributed by atoms with E-state index in [4.69, 9.17) is 17.3 Å². The molecule has 7 heteroatoms. The Morgan fingerprint density at radius 2 is 1.95 bits per heavy atom. The van der Waals surface area contributed by atoms with Gasteiger partial charge in [-0.05, 0) is 25.2 Å². The van der Waals surface area contributed by atoms with Gasteiger partial charge in [-0.15, -0.1) is 0 Å². The molecule has 1 rings (SSSR count). The maximum absolute atomic E-state index is 11.9. The molecule has 0 bridgehead atoms. The van der Waals surface area contributed by atoms with Gasteiger partial charge >= 0.3 is 0 Å². The average Bonchev–Trinajstić information content (AvgIpc) is 2.39.